The van der Waals surface area contributed by atoms with Crippen LogP contribution in [0.3, 0.4) is 0 Å². The van der Waals surface area contributed by atoms with Crippen LogP contribution in [0.5, 0.6) is 0 Å². The van der Waals surface area contributed by atoms with Crippen molar-refractivity contribution in [3.05, 3.63) is 112 Å². The fourth-order valence-electron chi connectivity index (χ4n) is 10.8. The summed E-state index contributed by atoms with van der Waals surface area (Å²) in [6.07, 6.45) is 4.15. The first-order chi connectivity index (χ1) is 33.1. The molecule has 2 aromatic heterocycles. The van der Waals surface area contributed by atoms with Crippen LogP contribution in [0.4, 0.5) is 43.8 Å². The maximum absolute atomic E-state index is 16.8. The zero-order valence-corrected chi connectivity index (χ0v) is 39.9. The lowest BCUT2D eigenvalue weighted by molar-refractivity contribution is -0.135. The van der Waals surface area contributed by atoms with Crippen molar-refractivity contribution in [1.82, 2.24) is 30.2 Å². The number of aryl methyl sites for hydroxylation is 1. The molecule has 0 spiro atoms. The Morgan fingerprint density at radius 1 is 0.754 bits per heavy atom. The molecule has 0 saturated carbocycles. The van der Waals surface area contributed by atoms with E-state index in [0.29, 0.717) is 78.9 Å². The lowest BCUT2D eigenvalue weighted by atomic mass is 10.0. The summed E-state index contributed by atoms with van der Waals surface area (Å²) in [6, 6.07) is 10.5. The van der Waals surface area contributed by atoms with Gasteiger partial charge in [0.25, 0.3) is 0 Å². The van der Waals surface area contributed by atoms with Gasteiger partial charge >= 0.3 is 6.09 Å². The molecule has 3 fully saturated rings. The fourth-order valence-corrected chi connectivity index (χ4v) is 10.8. The standard InChI is InChI=1S/C52H60F5N9O3/c1-7-8-11-30(5)49-58-39-24-32(35(54)26-41(39)59-49)43-15-16-44(66(43)31-22-37(56)48(38(57)23-31)64-20-18-63(19-21-64)47-29(4)12-9-13-34(47)53)33-25-40-42(27-36(33)55)61-50(60-40)45-14-10-17-65(45)51(67)46(28(2)3)62-52(68)69-6/h9,12-13,22-28,30,43-46H,7-8,10-11,14-21H2,1-6H3,(H,58,59)(H,60,61)(H,62,68)/t30-,43?,44+,45?,46?/m0/s1. The molecule has 17 heteroatoms. The number of nitrogens with zero attached hydrogens (tertiary/aromatic N) is 6. The summed E-state index contributed by atoms with van der Waals surface area (Å²) in [4.78, 5) is 49.2. The maximum atomic E-state index is 16.8. The molecule has 3 aliphatic heterocycles. The van der Waals surface area contributed by atoms with Gasteiger partial charge in [-0.15, -0.1) is 0 Å². The number of likely N-dealkylation sites (tertiary alicyclic amines) is 1. The molecule has 69 heavy (non-hydrogen) atoms. The van der Waals surface area contributed by atoms with E-state index in [-0.39, 0.29) is 59.2 Å². The first-order valence-corrected chi connectivity index (χ1v) is 24.2. The molecule has 6 aromatic rings. The number of para-hydroxylation sites is 1. The van der Waals surface area contributed by atoms with Crippen molar-refractivity contribution in [3.63, 3.8) is 0 Å². The van der Waals surface area contributed by atoms with Crippen LogP contribution in [-0.2, 0) is 9.53 Å². The van der Waals surface area contributed by atoms with Crippen LogP contribution < -0.4 is 20.0 Å². The summed E-state index contributed by atoms with van der Waals surface area (Å²) < 4.78 is 86.4. The molecule has 366 valence electrons. The van der Waals surface area contributed by atoms with E-state index >= 15 is 17.6 Å². The van der Waals surface area contributed by atoms with Crippen LogP contribution in [0, 0.1) is 41.9 Å². The molecular weight excluding hydrogens is 894 g/mol. The van der Waals surface area contributed by atoms with Crippen molar-refractivity contribution >= 4 is 51.1 Å². The number of methoxy groups -OCH3 is 1. The smallest absolute Gasteiger partial charge is 0.407 e. The van der Waals surface area contributed by atoms with E-state index in [2.05, 4.69) is 29.1 Å². The van der Waals surface area contributed by atoms with Crippen molar-refractivity contribution in [2.24, 2.45) is 5.92 Å². The zero-order valence-electron chi connectivity index (χ0n) is 39.9. The number of carbonyl (C=O) groups excluding carboxylic acids is 2. The minimum absolute atomic E-state index is 0.116. The van der Waals surface area contributed by atoms with Gasteiger partial charge in [0.05, 0.1) is 53.0 Å². The number of unbranched alkanes of at least 4 members (excludes halogenated alkanes) is 1. The van der Waals surface area contributed by atoms with Gasteiger partial charge in [-0.1, -0.05) is 52.7 Å². The second kappa shape index (κ2) is 19.5. The number of halogens is 5. The molecule has 0 bridgehead atoms. The molecule has 4 aromatic carbocycles. The minimum Gasteiger partial charge on any atom is -0.453 e. The molecule has 3 unspecified atom stereocenters. The number of nitrogens with one attached hydrogen (secondary N) is 3. The number of alkyl carbamates (subject to hydrolysis) is 1. The molecule has 0 radical (unpaired) electrons. The number of benzene rings is 4. The van der Waals surface area contributed by atoms with Crippen molar-refractivity contribution in [2.75, 3.05) is 54.5 Å². The molecule has 5 heterocycles. The number of piperazine rings is 1. The topological polar surface area (TPSA) is 126 Å². The molecule has 5 atom stereocenters. The average Bonchev–Trinajstić information content (AvgIpc) is 4.15. The van der Waals surface area contributed by atoms with Gasteiger partial charge in [0.2, 0.25) is 5.91 Å². The monoisotopic (exact) mass is 953 g/mol. The predicted octanol–water partition coefficient (Wildman–Crippen LogP) is 11.2. The molecule has 3 saturated heterocycles. The third kappa shape index (κ3) is 9.16. The van der Waals surface area contributed by atoms with Gasteiger partial charge in [-0.25, -0.2) is 36.7 Å². The number of aromatic nitrogens is 4. The number of fused-ring (bicyclic) bond motifs is 2. The predicted molar refractivity (Wildman–Crippen MR) is 257 cm³/mol. The highest BCUT2D eigenvalue weighted by molar-refractivity contribution is 5.87. The normalized spacial score (nSPS) is 19.6. The van der Waals surface area contributed by atoms with Gasteiger partial charge in [0, 0.05) is 67.6 Å². The summed E-state index contributed by atoms with van der Waals surface area (Å²) in [5, 5.41) is 2.65. The number of aromatic amines is 2. The average molecular weight is 954 g/mol. The van der Waals surface area contributed by atoms with Gasteiger partial charge in [-0.3, -0.25) is 4.79 Å². The Kier molecular flexibility index (Phi) is 13.5. The fraction of sp³-hybridized carbons (Fsp3) is 0.462. The number of hydrogen-bond acceptors (Lipinski definition) is 8. The number of anilines is 3. The Morgan fingerprint density at radius 2 is 1.36 bits per heavy atom. The first-order valence-electron chi connectivity index (χ1n) is 24.2. The van der Waals surface area contributed by atoms with Crippen molar-refractivity contribution in [1.29, 1.82) is 0 Å². The number of rotatable bonds is 13. The lowest BCUT2D eigenvalue weighted by Gasteiger charge is -2.39. The van der Waals surface area contributed by atoms with Gasteiger partial charge in [-0.2, -0.15) is 0 Å². The van der Waals surface area contributed by atoms with Crippen LogP contribution in [0.15, 0.2) is 54.6 Å². The molecule has 0 aliphatic carbocycles. The number of imidazole rings is 2. The summed E-state index contributed by atoms with van der Waals surface area (Å²) in [5.41, 5.74) is 3.56. The highest BCUT2D eigenvalue weighted by Crippen LogP contribution is 2.50. The summed E-state index contributed by atoms with van der Waals surface area (Å²) in [7, 11) is 1.24. The highest BCUT2D eigenvalue weighted by Gasteiger charge is 2.41. The Hall–Kier alpha value is -6.39. The zero-order chi connectivity index (χ0) is 48.8. The molecule has 2 amide bonds. The first kappa shape index (κ1) is 47.7. The van der Waals surface area contributed by atoms with E-state index in [1.807, 2.05) is 31.7 Å². The molecular formula is C52H60F5N9O3. The number of H-pyrrole nitrogens is 2. The van der Waals surface area contributed by atoms with E-state index in [1.165, 1.54) is 37.4 Å². The summed E-state index contributed by atoms with van der Waals surface area (Å²) >= 11 is 0. The molecule has 3 N–H and O–H groups in total. The van der Waals surface area contributed by atoms with Crippen LogP contribution >= 0.6 is 0 Å². The van der Waals surface area contributed by atoms with Crippen molar-refractivity contribution < 1.29 is 36.3 Å². The SMILES string of the molecule is CCCC[C@H](C)c1nc2cc(F)c(C3CC[C@H](c4cc5[nH]c(C6CCCN6C(=O)C(NC(=O)OC)C(C)C)nc5cc4F)N3c3cc(F)c(N4CCN(c5c(C)cccc5F)CC4)c(F)c3)cc2[nH]1. The number of ether oxygens (including phenoxy) is 1. The van der Waals surface area contributed by atoms with E-state index in [4.69, 9.17) is 14.7 Å². The van der Waals surface area contributed by atoms with E-state index in [0.717, 1.165) is 30.7 Å². The maximum Gasteiger partial charge on any atom is 0.407 e. The van der Waals surface area contributed by atoms with Crippen LogP contribution in [-0.4, -0.2) is 82.7 Å². The van der Waals surface area contributed by atoms with E-state index in [1.54, 1.807) is 32.9 Å². The van der Waals surface area contributed by atoms with Crippen LogP contribution in [0.1, 0.15) is 125 Å². The number of hydrogen-bond donors (Lipinski definition) is 3. The Bertz CT molecular complexity index is 2830. The lowest BCUT2D eigenvalue weighted by Crippen LogP contribution is -2.51. The largest absolute Gasteiger partial charge is 0.453 e. The second-order valence-electron chi connectivity index (χ2n) is 19.3. The Labute approximate surface area is 398 Å². The van der Waals surface area contributed by atoms with E-state index in [9.17, 15) is 14.0 Å². The van der Waals surface area contributed by atoms with Crippen LogP contribution in [0.2, 0.25) is 0 Å². The van der Waals surface area contributed by atoms with Gasteiger partial charge in [0.1, 0.15) is 40.8 Å². The Balaban J connectivity index is 1.07. The Morgan fingerprint density at radius 3 is 1.96 bits per heavy atom. The minimum atomic E-state index is -0.841. The molecule has 9 rings (SSSR count). The van der Waals surface area contributed by atoms with Gasteiger partial charge in [0.15, 0.2) is 11.6 Å². The third-order valence-corrected chi connectivity index (χ3v) is 14.4. The number of carbonyl (C=O) groups is 2. The molecule has 3 aliphatic rings. The van der Waals surface area contributed by atoms with Crippen molar-refractivity contribution in [2.45, 2.75) is 110 Å². The van der Waals surface area contributed by atoms with E-state index < -0.39 is 53.5 Å². The summed E-state index contributed by atoms with van der Waals surface area (Å²) in [6.45, 7) is 11.3. The summed E-state index contributed by atoms with van der Waals surface area (Å²) in [5.74, 6) is -2.35. The van der Waals surface area contributed by atoms with Gasteiger partial charge < -0.3 is 39.6 Å². The quantitative estimate of drug-likeness (QED) is 0.0978. The van der Waals surface area contributed by atoms with Crippen molar-refractivity contribution in [3.8, 4) is 0 Å². The second-order valence-corrected chi connectivity index (χ2v) is 19.3. The number of amides is 2. The van der Waals surface area contributed by atoms with Gasteiger partial charge in [-0.05, 0) is 80.8 Å². The third-order valence-electron chi connectivity index (χ3n) is 14.4. The van der Waals surface area contributed by atoms with Crippen LogP contribution in [0.25, 0.3) is 22.1 Å². The molecule has 12 nitrogen and oxygen atoms in total. The highest BCUT2D eigenvalue weighted by atomic mass is 19.1.